The molecule has 0 atom stereocenters. The van der Waals surface area contributed by atoms with Crippen molar-refractivity contribution in [1.82, 2.24) is 4.98 Å². The summed E-state index contributed by atoms with van der Waals surface area (Å²) in [7, 11) is 0. The van der Waals surface area contributed by atoms with E-state index in [0.29, 0.717) is 16.8 Å². The Morgan fingerprint density at radius 2 is 1.82 bits per heavy atom. The Hall–Kier alpha value is -2.28. The first kappa shape index (κ1) is 16.1. The average molecular weight is 332 g/mol. The van der Waals surface area contributed by atoms with Crippen LogP contribution in [-0.4, -0.2) is 22.4 Å². The molecule has 116 valence electrons. The molecule has 0 saturated heterocycles. The fraction of sp³-hybridized carbons (Fsp3) is 0.143. The zero-order valence-electron chi connectivity index (χ0n) is 10.9. The van der Waals surface area contributed by atoms with Crippen LogP contribution >= 0.6 is 11.6 Å². The zero-order valence-corrected chi connectivity index (χ0v) is 11.6. The molecule has 0 radical (unpaired) electrons. The van der Waals surface area contributed by atoms with Gasteiger partial charge in [-0.15, -0.1) is 13.2 Å². The van der Waals surface area contributed by atoms with Crippen LogP contribution < -0.4 is 4.74 Å². The predicted octanol–water partition coefficient (Wildman–Crippen LogP) is 3.93. The van der Waals surface area contributed by atoms with E-state index < -0.39 is 12.3 Å². The molecule has 0 spiro atoms. The van der Waals surface area contributed by atoms with Crippen molar-refractivity contribution in [3.8, 4) is 16.9 Å². The number of hydrogen-bond acceptors (Lipinski definition) is 3. The number of rotatable bonds is 4. The largest absolute Gasteiger partial charge is 0.573 e. The summed E-state index contributed by atoms with van der Waals surface area (Å²) in [6.45, 7) is 0. The number of hydrogen-bond donors (Lipinski definition) is 1. The summed E-state index contributed by atoms with van der Waals surface area (Å²) in [6.07, 6.45) is -5.02. The topological polar surface area (TPSA) is 59.4 Å². The molecule has 0 unspecified atom stereocenters. The number of nitrogens with zero attached hydrogens (tertiary/aromatic N) is 1. The summed E-state index contributed by atoms with van der Waals surface area (Å²) in [4.78, 5) is 14.5. The first-order chi connectivity index (χ1) is 10.2. The second-order valence-corrected chi connectivity index (χ2v) is 4.64. The van der Waals surface area contributed by atoms with Crippen LogP contribution in [-0.2, 0) is 11.2 Å². The molecular weight excluding hydrogens is 323 g/mol. The number of alkyl halides is 3. The Labute approximate surface area is 128 Å². The van der Waals surface area contributed by atoms with E-state index in [1.807, 2.05) is 0 Å². The fourth-order valence-electron chi connectivity index (χ4n) is 1.78. The maximum atomic E-state index is 12.1. The second kappa shape index (κ2) is 6.23. The molecule has 0 amide bonds. The van der Waals surface area contributed by atoms with Crippen molar-refractivity contribution in [3.05, 3.63) is 47.2 Å². The van der Waals surface area contributed by atoms with E-state index >= 15 is 0 Å². The first-order valence-electron chi connectivity index (χ1n) is 5.98. The van der Waals surface area contributed by atoms with Gasteiger partial charge >= 0.3 is 12.3 Å². The van der Waals surface area contributed by atoms with Gasteiger partial charge in [0.1, 0.15) is 10.9 Å². The highest BCUT2D eigenvalue weighted by atomic mass is 35.5. The van der Waals surface area contributed by atoms with Crippen LogP contribution in [0.25, 0.3) is 11.1 Å². The van der Waals surface area contributed by atoms with Crippen molar-refractivity contribution in [1.29, 1.82) is 0 Å². The van der Waals surface area contributed by atoms with Gasteiger partial charge in [0.25, 0.3) is 0 Å². The highest BCUT2D eigenvalue weighted by Gasteiger charge is 2.30. The fourth-order valence-corrected chi connectivity index (χ4v) is 2.06. The van der Waals surface area contributed by atoms with Gasteiger partial charge in [-0.2, -0.15) is 0 Å². The van der Waals surface area contributed by atoms with Crippen molar-refractivity contribution < 1.29 is 27.8 Å². The quantitative estimate of drug-likeness (QED) is 0.862. The van der Waals surface area contributed by atoms with Gasteiger partial charge in [-0.25, -0.2) is 4.98 Å². The van der Waals surface area contributed by atoms with Crippen LogP contribution in [0.5, 0.6) is 5.75 Å². The third kappa shape index (κ3) is 4.36. The smallest absolute Gasteiger partial charge is 0.481 e. The number of aliphatic carboxylic acids is 1. The SMILES string of the molecule is O=C(O)Cc1ccc(-c2ccc(OC(F)(F)F)cc2)c(Cl)n1. The molecule has 1 aromatic heterocycles. The molecule has 0 aliphatic carbocycles. The maximum Gasteiger partial charge on any atom is 0.573 e. The summed E-state index contributed by atoms with van der Waals surface area (Å²) < 4.78 is 40.0. The van der Waals surface area contributed by atoms with Gasteiger partial charge in [0.2, 0.25) is 0 Å². The van der Waals surface area contributed by atoms with E-state index in [4.69, 9.17) is 16.7 Å². The summed E-state index contributed by atoms with van der Waals surface area (Å²) in [5.41, 5.74) is 1.31. The summed E-state index contributed by atoms with van der Waals surface area (Å²) >= 11 is 5.98. The van der Waals surface area contributed by atoms with Crippen LogP contribution in [0.3, 0.4) is 0 Å². The van der Waals surface area contributed by atoms with E-state index in [1.54, 1.807) is 6.07 Å². The van der Waals surface area contributed by atoms with Crippen LogP contribution in [0.2, 0.25) is 5.15 Å². The number of ether oxygens (including phenoxy) is 1. The number of pyridine rings is 1. The molecular formula is C14H9ClF3NO3. The van der Waals surface area contributed by atoms with E-state index in [-0.39, 0.29) is 17.3 Å². The minimum absolute atomic E-state index is 0.0724. The van der Waals surface area contributed by atoms with Gasteiger partial charge in [-0.3, -0.25) is 4.79 Å². The van der Waals surface area contributed by atoms with Crippen molar-refractivity contribution in [2.75, 3.05) is 0 Å². The van der Waals surface area contributed by atoms with Gasteiger partial charge in [0, 0.05) is 5.56 Å². The van der Waals surface area contributed by atoms with Gasteiger partial charge in [0.15, 0.2) is 0 Å². The van der Waals surface area contributed by atoms with Crippen molar-refractivity contribution in [2.45, 2.75) is 12.8 Å². The number of halogens is 4. The standard InChI is InChI=1S/C14H9ClF3NO3/c15-13-11(6-3-9(19-13)7-12(20)21)8-1-4-10(5-2-8)22-14(16,17)18/h1-6H,7H2,(H,20,21). The third-order valence-electron chi connectivity index (χ3n) is 2.64. The summed E-state index contributed by atoms with van der Waals surface area (Å²) in [5, 5.41) is 8.75. The highest BCUT2D eigenvalue weighted by Crippen LogP contribution is 2.30. The minimum atomic E-state index is -4.75. The first-order valence-corrected chi connectivity index (χ1v) is 6.36. The predicted molar refractivity (Wildman–Crippen MR) is 72.7 cm³/mol. The van der Waals surface area contributed by atoms with Crippen LogP contribution in [0.4, 0.5) is 13.2 Å². The molecule has 22 heavy (non-hydrogen) atoms. The lowest BCUT2D eigenvalue weighted by Gasteiger charge is -2.10. The number of benzene rings is 1. The van der Waals surface area contributed by atoms with Crippen molar-refractivity contribution in [2.24, 2.45) is 0 Å². The Balaban J connectivity index is 2.23. The van der Waals surface area contributed by atoms with E-state index in [2.05, 4.69) is 9.72 Å². The molecule has 2 rings (SSSR count). The molecule has 0 aliphatic heterocycles. The maximum absolute atomic E-state index is 12.1. The molecule has 0 aliphatic rings. The molecule has 8 heteroatoms. The Morgan fingerprint density at radius 1 is 1.18 bits per heavy atom. The molecule has 0 bridgehead atoms. The Kier molecular flexibility index (Phi) is 4.56. The van der Waals surface area contributed by atoms with Gasteiger partial charge in [-0.05, 0) is 29.8 Å². The molecule has 0 fully saturated rings. The number of carboxylic acid groups (broad SMARTS) is 1. The minimum Gasteiger partial charge on any atom is -0.481 e. The average Bonchev–Trinajstić information content (AvgIpc) is 2.37. The molecule has 1 aromatic carbocycles. The lowest BCUT2D eigenvalue weighted by molar-refractivity contribution is -0.274. The Bertz CT molecular complexity index is 687. The van der Waals surface area contributed by atoms with Crippen LogP contribution in [0.1, 0.15) is 5.69 Å². The van der Waals surface area contributed by atoms with Crippen LogP contribution in [0, 0.1) is 0 Å². The lowest BCUT2D eigenvalue weighted by atomic mass is 10.1. The molecule has 4 nitrogen and oxygen atoms in total. The summed E-state index contributed by atoms with van der Waals surface area (Å²) in [5.74, 6) is -1.38. The molecule has 2 aromatic rings. The van der Waals surface area contributed by atoms with E-state index in [0.717, 1.165) is 12.1 Å². The molecule has 0 saturated carbocycles. The highest BCUT2D eigenvalue weighted by molar-refractivity contribution is 6.32. The molecule has 1 N–H and O–H groups in total. The van der Waals surface area contributed by atoms with Gasteiger partial charge < -0.3 is 9.84 Å². The number of carbonyl (C=O) groups is 1. The van der Waals surface area contributed by atoms with Crippen molar-refractivity contribution in [3.63, 3.8) is 0 Å². The lowest BCUT2D eigenvalue weighted by Crippen LogP contribution is -2.16. The molecule has 1 heterocycles. The number of aromatic nitrogens is 1. The Morgan fingerprint density at radius 3 is 2.32 bits per heavy atom. The van der Waals surface area contributed by atoms with Gasteiger partial charge in [-0.1, -0.05) is 23.7 Å². The summed E-state index contributed by atoms with van der Waals surface area (Å²) in [6, 6.07) is 8.18. The van der Waals surface area contributed by atoms with Crippen LogP contribution in [0.15, 0.2) is 36.4 Å². The third-order valence-corrected chi connectivity index (χ3v) is 2.93. The van der Waals surface area contributed by atoms with E-state index in [1.165, 1.54) is 18.2 Å². The van der Waals surface area contributed by atoms with E-state index in [9.17, 15) is 18.0 Å². The second-order valence-electron chi connectivity index (χ2n) is 4.28. The zero-order chi connectivity index (χ0) is 16.3. The van der Waals surface area contributed by atoms with Crippen molar-refractivity contribution >= 4 is 17.6 Å². The monoisotopic (exact) mass is 331 g/mol. The normalized spacial score (nSPS) is 11.3. The van der Waals surface area contributed by atoms with Gasteiger partial charge in [0.05, 0.1) is 12.1 Å². The number of carboxylic acids is 1.